The first kappa shape index (κ1) is 20.0. The van der Waals surface area contributed by atoms with Gasteiger partial charge < -0.3 is 29.9 Å². The molecule has 8 heteroatoms. The molecule has 3 aliphatic rings. The van der Waals surface area contributed by atoms with Crippen molar-refractivity contribution >= 4 is 5.82 Å². The molecule has 1 aromatic rings. The van der Waals surface area contributed by atoms with Gasteiger partial charge in [0.15, 0.2) is 0 Å². The van der Waals surface area contributed by atoms with Crippen molar-refractivity contribution in [3.05, 3.63) is 24.4 Å². The molecule has 0 amide bonds. The molecule has 0 spiro atoms. The van der Waals surface area contributed by atoms with Crippen molar-refractivity contribution < 1.29 is 19.7 Å². The zero-order valence-electron chi connectivity index (χ0n) is 16.3. The van der Waals surface area contributed by atoms with Crippen molar-refractivity contribution in [2.24, 2.45) is 0 Å². The summed E-state index contributed by atoms with van der Waals surface area (Å²) >= 11 is 0. The second kappa shape index (κ2) is 9.47. The summed E-state index contributed by atoms with van der Waals surface area (Å²) in [7, 11) is 0. The average molecular weight is 393 g/mol. The SMILES string of the molecule is OC[C@@H]1O[C@H](CNC2CCOCC2)[C@H](N2CCN(c3ccccn3)CC2)[C@@H]1O. The fourth-order valence-electron chi connectivity index (χ4n) is 4.57. The van der Waals surface area contributed by atoms with Crippen LogP contribution < -0.4 is 10.2 Å². The Morgan fingerprint density at radius 2 is 1.89 bits per heavy atom. The van der Waals surface area contributed by atoms with Crippen LogP contribution in [-0.4, -0.2) is 103 Å². The maximum Gasteiger partial charge on any atom is 0.128 e. The normalized spacial score (nSPS) is 32.7. The molecule has 4 heterocycles. The highest BCUT2D eigenvalue weighted by Gasteiger charge is 2.46. The lowest BCUT2D eigenvalue weighted by Crippen LogP contribution is -2.58. The predicted molar refractivity (Wildman–Crippen MR) is 105 cm³/mol. The Morgan fingerprint density at radius 3 is 2.57 bits per heavy atom. The van der Waals surface area contributed by atoms with E-state index in [1.54, 1.807) is 0 Å². The number of aliphatic hydroxyl groups is 2. The van der Waals surface area contributed by atoms with E-state index in [0.717, 1.165) is 58.1 Å². The highest BCUT2D eigenvalue weighted by Crippen LogP contribution is 2.27. The van der Waals surface area contributed by atoms with Crippen LogP contribution in [0.1, 0.15) is 12.8 Å². The largest absolute Gasteiger partial charge is 0.394 e. The Hall–Kier alpha value is -1.29. The molecule has 0 bridgehead atoms. The highest BCUT2D eigenvalue weighted by atomic mass is 16.5. The van der Waals surface area contributed by atoms with Crippen LogP contribution in [0.25, 0.3) is 0 Å². The molecule has 3 saturated heterocycles. The molecule has 3 aliphatic heterocycles. The number of anilines is 1. The molecule has 8 nitrogen and oxygen atoms in total. The van der Waals surface area contributed by atoms with Gasteiger partial charge in [-0.1, -0.05) is 6.07 Å². The molecule has 1 aromatic heterocycles. The Labute approximate surface area is 166 Å². The number of hydrogen-bond donors (Lipinski definition) is 3. The third-order valence-electron chi connectivity index (χ3n) is 6.18. The van der Waals surface area contributed by atoms with Gasteiger partial charge >= 0.3 is 0 Å². The molecule has 0 aromatic carbocycles. The Bertz CT molecular complexity index is 593. The van der Waals surface area contributed by atoms with Crippen molar-refractivity contribution in [3.8, 4) is 0 Å². The zero-order valence-corrected chi connectivity index (χ0v) is 16.3. The summed E-state index contributed by atoms with van der Waals surface area (Å²) in [5.74, 6) is 0.997. The van der Waals surface area contributed by atoms with Gasteiger partial charge in [-0.2, -0.15) is 0 Å². The summed E-state index contributed by atoms with van der Waals surface area (Å²) in [6, 6.07) is 6.30. The van der Waals surface area contributed by atoms with Crippen LogP contribution in [0.4, 0.5) is 5.82 Å². The van der Waals surface area contributed by atoms with E-state index in [1.165, 1.54) is 0 Å². The number of hydrogen-bond acceptors (Lipinski definition) is 8. The summed E-state index contributed by atoms with van der Waals surface area (Å²) in [6.45, 7) is 5.53. The summed E-state index contributed by atoms with van der Waals surface area (Å²) in [6.07, 6.45) is 2.52. The number of aromatic nitrogens is 1. The first-order valence-electron chi connectivity index (χ1n) is 10.4. The van der Waals surface area contributed by atoms with Crippen molar-refractivity contribution in [3.63, 3.8) is 0 Å². The van der Waals surface area contributed by atoms with Crippen molar-refractivity contribution in [2.45, 2.75) is 43.2 Å². The van der Waals surface area contributed by atoms with Gasteiger partial charge in [0, 0.05) is 58.2 Å². The van der Waals surface area contributed by atoms with E-state index in [9.17, 15) is 10.2 Å². The van der Waals surface area contributed by atoms with Crippen molar-refractivity contribution in [2.75, 3.05) is 57.4 Å². The molecule has 3 fully saturated rings. The van der Waals surface area contributed by atoms with Crippen LogP contribution >= 0.6 is 0 Å². The number of nitrogens with one attached hydrogen (secondary N) is 1. The summed E-state index contributed by atoms with van der Waals surface area (Å²) in [4.78, 5) is 9.03. The summed E-state index contributed by atoms with van der Waals surface area (Å²) < 4.78 is 11.5. The minimum Gasteiger partial charge on any atom is -0.394 e. The van der Waals surface area contributed by atoms with E-state index in [1.807, 2.05) is 24.4 Å². The lowest BCUT2D eigenvalue weighted by molar-refractivity contribution is -0.0229. The number of piperazine rings is 1. The molecular weight excluding hydrogens is 360 g/mol. The number of rotatable bonds is 6. The molecule has 28 heavy (non-hydrogen) atoms. The molecular formula is C20H32N4O4. The van der Waals surface area contributed by atoms with Crippen LogP contribution in [0.3, 0.4) is 0 Å². The fourth-order valence-corrected chi connectivity index (χ4v) is 4.57. The Balaban J connectivity index is 1.36. The molecule has 0 radical (unpaired) electrons. The van der Waals surface area contributed by atoms with E-state index in [2.05, 4.69) is 20.1 Å². The van der Waals surface area contributed by atoms with Gasteiger partial charge in [0.05, 0.1) is 18.8 Å². The van der Waals surface area contributed by atoms with Gasteiger partial charge in [0.2, 0.25) is 0 Å². The second-order valence-electron chi connectivity index (χ2n) is 7.88. The van der Waals surface area contributed by atoms with E-state index in [4.69, 9.17) is 9.47 Å². The van der Waals surface area contributed by atoms with E-state index in [0.29, 0.717) is 12.6 Å². The van der Waals surface area contributed by atoms with Gasteiger partial charge in [0.25, 0.3) is 0 Å². The number of ether oxygens (including phenoxy) is 2. The van der Waals surface area contributed by atoms with Gasteiger partial charge in [-0.05, 0) is 25.0 Å². The molecule has 4 atom stereocenters. The van der Waals surface area contributed by atoms with Crippen LogP contribution in [0.5, 0.6) is 0 Å². The summed E-state index contributed by atoms with van der Waals surface area (Å²) in [5, 5.41) is 24.0. The quantitative estimate of drug-likeness (QED) is 0.595. The van der Waals surface area contributed by atoms with Gasteiger partial charge in [-0.3, -0.25) is 4.90 Å². The fraction of sp³-hybridized carbons (Fsp3) is 0.750. The Morgan fingerprint density at radius 1 is 1.11 bits per heavy atom. The first-order chi connectivity index (χ1) is 13.8. The molecule has 156 valence electrons. The number of nitrogens with zero attached hydrogens (tertiary/aromatic N) is 3. The standard InChI is InChI=1S/C20H32N4O4/c25-14-17-20(26)19(16(28-17)13-22-15-4-11-27-12-5-15)24-9-7-23(8-10-24)18-3-1-2-6-21-18/h1-3,6,15-17,19-20,22,25-26H,4-5,7-14H2/t16-,17+,19+,20-/m1/s1. The van der Waals surface area contributed by atoms with Crippen LogP contribution in [0.2, 0.25) is 0 Å². The van der Waals surface area contributed by atoms with Gasteiger partial charge in [0.1, 0.15) is 18.0 Å². The topological polar surface area (TPSA) is 90.3 Å². The third kappa shape index (κ3) is 4.48. The average Bonchev–Trinajstić information content (AvgIpc) is 3.09. The summed E-state index contributed by atoms with van der Waals surface area (Å²) in [5.41, 5.74) is 0. The lowest BCUT2D eigenvalue weighted by atomic mass is 10.0. The lowest BCUT2D eigenvalue weighted by Gasteiger charge is -2.41. The second-order valence-corrected chi connectivity index (χ2v) is 7.88. The molecule has 0 unspecified atom stereocenters. The van der Waals surface area contributed by atoms with Gasteiger partial charge in [-0.25, -0.2) is 4.98 Å². The van der Waals surface area contributed by atoms with E-state index in [-0.39, 0.29) is 18.8 Å². The van der Waals surface area contributed by atoms with Crippen molar-refractivity contribution in [1.82, 2.24) is 15.2 Å². The zero-order chi connectivity index (χ0) is 19.3. The smallest absolute Gasteiger partial charge is 0.128 e. The van der Waals surface area contributed by atoms with Gasteiger partial charge in [-0.15, -0.1) is 0 Å². The van der Waals surface area contributed by atoms with Crippen molar-refractivity contribution in [1.29, 1.82) is 0 Å². The molecule has 3 N–H and O–H groups in total. The maximum absolute atomic E-state index is 10.8. The third-order valence-corrected chi connectivity index (χ3v) is 6.18. The molecule has 0 saturated carbocycles. The molecule has 0 aliphatic carbocycles. The minimum absolute atomic E-state index is 0.102. The molecule has 4 rings (SSSR count). The Kier molecular flexibility index (Phi) is 6.77. The highest BCUT2D eigenvalue weighted by molar-refractivity contribution is 5.38. The van der Waals surface area contributed by atoms with E-state index < -0.39 is 12.2 Å². The van der Waals surface area contributed by atoms with E-state index >= 15 is 0 Å². The monoisotopic (exact) mass is 392 g/mol. The maximum atomic E-state index is 10.8. The van der Waals surface area contributed by atoms with Crippen LogP contribution in [0.15, 0.2) is 24.4 Å². The number of pyridine rings is 1. The van der Waals surface area contributed by atoms with Crippen LogP contribution in [0, 0.1) is 0 Å². The predicted octanol–water partition coefficient (Wildman–Crippen LogP) is -0.539. The minimum atomic E-state index is -0.673. The van der Waals surface area contributed by atoms with Crippen LogP contribution in [-0.2, 0) is 9.47 Å². The first-order valence-corrected chi connectivity index (χ1v) is 10.4. The number of aliphatic hydroxyl groups excluding tert-OH is 2.